The van der Waals surface area contributed by atoms with E-state index < -0.39 is 0 Å². The van der Waals surface area contributed by atoms with Crippen LogP contribution in [0.4, 0.5) is 5.69 Å². The number of hydrogen-bond donors (Lipinski definition) is 0. The van der Waals surface area contributed by atoms with Gasteiger partial charge < -0.3 is 14.4 Å². The van der Waals surface area contributed by atoms with Crippen molar-refractivity contribution in [2.75, 3.05) is 32.1 Å². The molecule has 1 saturated heterocycles. The minimum Gasteiger partial charge on any atom is -0.378 e. The SMILES string of the molecule is CC(C)n1cnnc1[C@H]1CCCN(C(=O)c2ccc(N(C)C)cc2)C1. The van der Waals surface area contributed by atoms with E-state index in [0.717, 1.165) is 36.5 Å². The van der Waals surface area contributed by atoms with Gasteiger partial charge in [-0.15, -0.1) is 10.2 Å². The summed E-state index contributed by atoms with van der Waals surface area (Å²) in [6, 6.07) is 8.14. The monoisotopic (exact) mass is 341 g/mol. The number of amides is 1. The van der Waals surface area contributed by atoms with E-state index >= 15 is 0 Å². The number of aromatic nitrogens is 3. The van der Waals surface area contributed by atoms with E-state index in [4.69, 9.17) is 0 Å². The van der Waals surface area contributed by atoms with Gasteiger partial charge in [0.15, 0.2) is 0 Å². The van der Waals surface area contributed by atoms with Gasteiger partial charge in [0, 0.05) is 50.4 Å². The van der Waals surface area contributed by atoms with Crippen molar-refractivity contribution >= 4 is 11.6 Å². The molecule has 134 valence electrons. The van der Waals surface area contributed by atoms with Crippen LogP contribution < -0.4 is 4.90 Å². The number of likely N-dealkylation sites (tertiary alicyclic amines) is 1. The van der Waals surface area contributed by atoms with Gasteiger partial charge in [0.2, 0.25) is 0 Å². The van der Waals surface area contributed by atoms with E-state index in [2.05, 4.69) is 28.6 Å². The molecule has 25 heavy (non-hydrogen) atoms. The van der Waals surface area contributed by atoms with Crippen molar-refractivity contribution in [2.24, 2.45) is 0 Å². The van der Waals surface area contributed by atoms with Gasteiger partial charge in [-0.25, -0.2) is 0 Å². The number of rotatable bonds is 4. The summed E-state index contributed by atoms with van der Waals surface area (Å²) in [4.78, 5) is 16.9. The van der Waals surface area contributed by atoms with Gasteiger partial charge in [0.05, 0.1) is 0 Å². The summed E-state index contributed by atoms with van der Waals surface area (Å²) in [5.74, 6) is 1.35. The zero-order valence-corrected chi connectivity index (χ0v) is 15.5. The summed E-state index contributed by atoms with van der Waals surface area (Å²) in [5.41, 5.74) is 1.84. The van der Waals surface area contributed by atoms with Crippen LogP contribution >= 0.6 is 0 Å². The zero-order valence-electron chi connectivity index (χ0n) is 15.5. The summed E-state index contributed by atoms with van der Waals surface area (Å²) in [5, 5.41) is 8.41. The largest absolute Gasteiger partial charge is 0.378 e. The van der Waals surface area contributed by atoms with Crippen LogP contribution in [0.1, 0.15) is 54.8 Å². The van der Waals surface area contributed by atoms with Gasteiger partial charge in [-0.05, 0) is 51.0 Å². The topological polar surface area (TPSA) is 54.3 Å². The molecule has 3 rings (SSSR count). The maximum Gasteiger partial charge on any atom is 0.253 e. The second-order valence-corrected chi connectivity index (χ2v) is 7.22. The molecule has 0 radical (unpaired) electrons. The highest BCUT2D eigenvalue weighted by Gasteiger charge is 2.28. The van der Waals surface area contributed by atoms with E-state index in [1.807, 2.05) is 48.2 Å². The second-order valence-electron chi connectivity index (χ2n) is 7.22. The van der Waals surface area contributed by atoms with Gasteiger partial charge >= 0.3 is 0 Å². The fourth-order valence-corrected chi connectivity index (χ4v) is 3.40. The number of carbonyl (C=O) groups is 1. The Bertz CT molecular complexity index is 720. The molecule has 1 aliphatic rings. The molecule has 1 aliphatic heterocycles. The first-order chi connectivity index (χ1) is 12.0. The molecular weight excluding hydrogens is 314 g/mol. The average molecular weight is 341 g/mol. The molecule has 0 aliphatic carbocycles. The molecule has 1 atom stereocenters. The minimum atomic E-state index is 0.102. The van der Waals surface area contributed by atoms with Crippen molar-refractivity contribution in [3.63, 3.8) is 0 Å². The van der Waals surface area contributed by atoms with E-state index in [1.54, 1.807) is 6.33 Å². The maximum atomic E-state index is 12.9. The van der Waals surface area contributed by atoms with Crippen LogP contribution in [0.3, 0.4) is 0 Å². The quantitative estimate of drug-likeness (QED) is 0.858. The van der Waals surface area contributed by atoms with Crippen molar-refractivity contribution in [1.29, 1.82) is 0 Å². The number of nitrogens with zero attached hydrogens (tertiary/aromatic N) is 5. The Hall–Kier alpha value is -2.37. The van der Waals surface area contributed by atoms with E-state index in [-0.39, 0.29) is 11.8 Å². The Labute approximate surface area is 149 Å². The number of benzene rings is 1. The number of piperidine rings is 1. The molecule has 6 nitrogen and oxygen atoms in total. The number of carbonyl (C=O) groups excluding carboxylic acids is 1. The Balaban J connectivity index is 1.74. The van der Waals surface area contributed by atoms with Crippen molar-refractivity contribution in [1.82, 2.24) is 19.7 Å². The molecule has 2 aromatic rings. The zero-order chi connectivity index (χ0) is 18.0. The lowest BCUT2D eigenvalue weighted by atomic mass is 9.96. The summed E-state index contributed by atoms with van der Waals surface area (Å²) >= 11 is 0. The van der Waals surface area contributed by atoms with Crippen LogP contribution in [0, 0.1) is 0 Å². The standard InChI is InChI=1S/C19H27N5O/c1-14(2)24-13-20-21-18(24)16-6-5-11-23(12-16)19(25)15-7-9-17(10-8-15)22(3)4/h7-10,13-14,16H,5-6,11-12H2,1-4H3/t16-/m0/s1. The average Bonchev–Trinajstić information content (AvgIpc) is 3.11. The summed E-state index contributed by atoms with van der Waals surface area (Å²) in [6.45, 7) is 5.77. The molecule has 2 heterocycles. The highest BCUT2D eigenvalue weighted by atomic mass is 16.2. The number of hydrogen-bond acceptors (Lipinski definition) is 4. The van der Waals surface area contributed by atoms with Gasteiger partial charge in [-0.3, -0.25) is 4.79 Å². The normalized spacial score (nSPS) is 17.8. The molecule has 0 spiro atoms. The van der Waals surface area contributed by atoms with Crippen LogP contribution in [0.2, 0.25) is 0 Å². The second kappa shape index (κ2) is 7.25. The Kier molecular flexibility index (Phi) is 5.06. The molecule has 1 aromatic carbocycles. The summed E-state index contributed by atoms with van der Waals surface area (Å²) in [6.07, 6.45) is 3.84. The third-order valence-corrected chi connectivity index (χ3v) is 4.86. The first-order valence-electron chi connectivity index (χ1n) is 8.93. The molecule has 0 saturated carbocycles. The smallest absolute Gasteiger partial charge is 0.253 e. The lowest BCUT2D eigenvalue weighted by molar-refractivity contribution is 0.0703. The Morgan fingerprint density at radius 1 is 1.24 bits per heavy atom. The van der Waals surface area contributed by atoms with Crippen LogP contribution in [0.5, 0.6) is 0 Å². The molecule has 0 unspecified atom stereocenters. The molecule has 0 bridgehead atoms. The fraction of sp³-hybridized carbons (Fsp3) is 0.526. The molecule has 6 heteroatoms. The van der Waals surface area contributed by atoms with Crippen molar-refractivity contribution < 1.29 is 4.79 Å². The summed E-state index contributed by atoms with van der Waals surface area (Å²) in [7, 11) is 3.99. The lowest BCUT2D eigenvalue weighted by Gasteiger charge is -2.33. The van der Waals surface area contributed by atoms with Crippen LogP contribution in [0.25, 0.3) is 0 Å². The van der Waals surface area contributed by atoms with Crippen molar-refractivity contribution in [3.8, 4) is 0 Å². The molecule has 1 aromatic heterocycles. The van der Waals surface area contributed by atoms with Gasteiger partial charge in [-0.1, -0.05) is 0 Å². The van der Waals surface area contributed by atoms with Gasteiger partial charge in [-0.2, -0.15) is 0 Å². The molecular formula is C19H27N5O. The first-order valence-corrected chi connectivity index (χ1v) is 8.93. The van der Waals surface area contributed by atoms with Gasteiger partial charge in [0.1, 0.15) is 12.2 Å². The number of anilines is 1. The van der Waals surface area contributed by atoms with Gasteiger partial charge in [0.25, 0.3) is 5.91 Å². The highest BCUT2D eigenvalue weighted by molar-refractivity contribution is 5.94. The first kappa shape index (κ1) is 17.5. The third-order valence-electron chi connectivity index (χ3n) is 4.86. The minimum absolute atomic E-state index is 0.102. The highest BCUT2D eigenvalue weighted by Crippen LogP contribution is 2.28. The summed E-state index contributed by atoms with van der Waals surface area (Å²) < 4.78 is 2.12. The third kappa shape index (κ3) is 3.67. The van der Waals surface area contributed by atoms with Crippen LogP contribution in [0.15, 0.2) is 30.6 Å². The lowest BCUT2D eigenvalue weighted by Crippen LogP contribution is -2.39. The van der Waals surface area contributed by atoms with E-state index in [9.17, 15) is 4.79 Å². The van der Waals surface area contributed by atoms with Crippen molar-refractivity contribution in [3.05, 3.63) is 42.0 Å². The Morgan fingerprint density at radius 2 is 1.96 bits per heavy atom. The Morgan fingerprint density at radius 3 is 2.60 bits per heavy atom. The maximum absolute atomic E-state index is 12.9. The predicted molar refractivity (Wildman–Crippen MR) is 99.1 cm³/mol. The molecule has 1 fully saturated rings. The molecule has 0 N–H and O–H groups in total. The molecule has 1 amide bonds. The fourth-order valence-electron chi connectivity index (χ4n) is 3.40. The van der Waals surface area contributed by atoms with Crippen LogP contribution in [-0.2, 0) is 0 Å². The van der Waals surface area contributed by atoms with E-state index in [1.165, 1.54) is 0 Å². The van der Waals surface area contributed by atoms with E-state index in [0.29, 0.717) is 12.6 Å². The predicted octanol–water partition coefficient (Wildman–Crippen LogP) is 2.94. The van der Waals surface area contributed by atoms with Crippen molar-refractivity contribution in [2.45, 2.75) is 38.6 Å². The van der Waals surface area contributed by atoms with Crippen LogP contribution in [-0.4, -0.2) is 52.8 Å².